The summed E-state index contributed by atoms with van der Waals surface area (Å²) in [4.78, 5) is 11.7. The number of hydrogen-bond donors (Lipinski definition) is 2. The number of cyclic esters (lactones) is 1. The van der Waals surface area contributed by atoms with E-state index < -0.39 is 11.5 Å². The summed E-state index contributed by atoms with van der Waals surface area (Å²) in [6.45, 7) is 9.10. The Bertz CT molecular complexity index is 554. The Morgan fingerprint density at radius 1 is 1.29 bits per heavy atom. The van der Waals surface area contributed by atoms with Gasteiger partial charge in [-0.25, -0.2) is 0 Å². The van der Waals surface area contributed by atoms with Gasteiger partial charge in [-0.05, 0) is 43.4 Å². The van der Waals surface area contributed by atoms with Crippen molar-refractivity contribution in [2.45, 2.75) is 52.1 Å². The first kappa shape index (κ1) is 17.7. The van der Waals surface area contributed by atoms with Crippen molar-refractivity contribution in [3.8, 4) is 0 Å². The third-order valence-corrected chi connectivity index (χ3v) is 7.07. The molecule has 0 aromatic carbocycles. The molecule has 4 heteroatoms. The number of ether oxygens (including phenoxy) is 1. The maximum absolute atomic E-state index is 11.7. The molecule has 1 saturated heterocycles. The fraction of sp³-hybridized carbons (Fsp3) is 0.750. The second-order valence-corrected chi connectivity index (χ2v) is 8.40. The maximum Gasteiger partial charge on any atom is 0.312 e. The first-order valence-electron chi connectivity index (χ1n) is 9.14. The van der Waals surface area contributed by atoms with Crippen LogP contribution in [0.15, 0.2) is 24.3 Å². The van der Waals surface area contributed by atoms with E-state index in [0.717, 1.165) is 25.7 Å². The lowest BCUT2D eigenvalue weighted by atomic mass is 9.46. The molecule has 0 amide bonds. The van der Waals surface area contributed by atoms with Crippen molar-refractivity contribution in [1.29, 1.82) is 0 Å². The summed E-state index contributed by atoms with van der Waals surface area (Å²) in [5.74, 6) is 0.159. The molecule has 2 aliphatic carbocycles. The predicted octanol–water partition coefficient (Wildman–Crippen LogP) is 2.85. The Hall–Kier alpha value is -1.13. The molecule has 3 rings (SSSR count). The number of aliphatic hydroxyl groups is 2. The van der Waals surface area contributed by atoms with Crippen LogP contribution in [0.25, 0.3) is 0 Å². The number of esters is 1. The molecule has 1 aliphatic heterocycles. The summed E-state index contributed by atoms with van der Waals surface area (Å²) < 4.78 is 5.05. The van der Waals surface area contributed by atoms with Gasteiger partial charge in [0.15, 0.2) is 0 Å². The molecule has 0 aromatic heterocycles. The van der Waals surface area contributed by atoms with Gasteiger partial charge in [0.1, 0.15) is 0 Å². The molecule has 2 saturated carbocycles. The van der Waals surface area contributed by atoms with Gasteiger partial charge >= 0.3 is 5.97 Å². The van der Waals surface area contributed by atoms with Crippen LogP contribution >= 0.6 is 0 Å². The van der Waals surface area contributed by atoms with Gasteiger partial charge in [-0.2, -0.15) is 0 Å². The SMILES string of the molecule is C=C1CC[C@@H]2[C@](C)(CC[C@H](O)[C@]2(C)CO)[C@H]1/C=C/C1CCOC1=O. The number of aliphatic hydroxyl groups excluding tert-OH is 2. The Morgan fingerprint density at radius 2 is 2.04 bits per heavy atom. The second-order valence-electron chi connectivity index (χ2n) is 8.40. The molecule has 24 heavy (non-hydrogen) atoms. The molecule has 0 spiro atoms. The number of carbonyl (C=O) groups excluding carboxylic acids is 1. The topological polar surface area (TPSA) is 66.8 Å². The average Bonchev–Trinajstić information content (AvgIpc) is 2.96. The van der Waals surface area contributed by atoms with E-state index in [4.69, 9.17) is 4.74 Å². The van der Waals surface area contributed by atoms with Crippen molar-refractivity contribution in [3.05, 3.63) is 24.3 Å². The van der Waals surface area contributed by atoms with Gasteiger partial charge in [0.2, 0.25) is 0 Å². The fourth-order valence-electron chi connectivity index (χ4n) is 5.42. The smallest absolute Gasteiger partial charge is 0.312 e. The van der Waals surface area contributed by atoms with Crippen LogP contribution in [-0.4, -0.2) is 35.5 Å². The molecule has 6 atom stereocenters. The molecule has 0 bridgehead atoms. The highest BCUT2D eigenvalue weighted by Crippen LogP contribution is 2.61. The maximum atomic E-state index is 11.7. The summed E-state index contributed by atoms with van der Waals surface area (Å²) in [5, 5.41) is 20.5. The zero-order valence-electron chi connectivity index (χ0n) is 14.8. The number of rotatable bonds is 3. The van der Waals surface area contributed by atoms with Gasteiger partial charge in [0, 0.05) is 11.3 Å². The summed E-state index contributed by atoms with van der Waals surface area (Å²) in [7, 11) is 0. The van der Waals surface area contributed by atoms with Crippen LogP contribution in [0.4, 0.5) is 0 Å². The highest BCUT2D eigenvalue weighted by Gasteiger charge is 2.57. The van der Waals surface area contributed by atoms with Crippen LogP contribution in [0, 0.1) is 28.6 Å². The largest absolute Gasteiger partial charge is 0.465 e. The van der Waals surface area contributed by atoms with Crippen molar-refractivity contribution in [2.75, 3.05) is 13.2 Å². The first-order chi connectivity index (χ1) is 11.3. The van der Waals surface area contributed by atoms with E-state index in [1.807, 2.05) is 13.0 Å². The van der Waals surface area contributed by atoms with E-state index in [1.54, 1.807) is 0 Å². The van der Waals surface area contributed by atoms with Crippen LogP contribution in [0.1, 0.15) is 46.0 Å². The van der Waals surface area contributed by atoms with E-state index in [0.29, 0.717) is 13.0 Å². The third kappa shape index (κ3) is 2.64. The molecule has 134 valence electrons. The highest BCUT2D eigenvalue weighted by atomic mass is 16.5. The Kier molecular flexibility index (Phi) is 4.65. The Morgan fingerprint density at radius 3 is 2.67 bits per heavy atom. The summed E-state index contributed by atoms with van der Waals surface area (Å²) in [6, 6.07) is 0. The van der Waals surface area contributed by atoms with Gasteiger partial charge in [-0.15, -0.1) is 0 Å². The van der Waals surface area contributed by atoms with Gasteiger partial charge < -0.3 is 14.9 Å². The summed E-state index contributed by atoms with van der Waals surface area (Å²) >= 11 is 0. The third-order valence-electron chi connectivity index (χ3n) is 7.07. The van der Waals surface area contributed by atoms with Crippen molar-refractivity contribution in [2.24, 2.45) is 28.6 Å². The average molecular weight is 334 g/mol. The molecule has 0 radical (unpaired) electrons. The predicted molar refractivity (Wildman–Crippen MR) is 92.1 cm³/mol. The summed E-state index contributed by atoms with van der Waals surface area (Å²) in [6.07, 6.45) is 7.93. The van der Waals surface area contributed by atoms with Crippen molar-refractivity contribution in [1.82, 2.24) is 0 Å². The summed E-state index contributed by atoms with van der Waals surface area (Å²) in [5.41, 5.74) is 0.699. The minimum absolute atomic E-state index is 0.00623. The second kappa shape index (κ2) is 6.30. The van der Waals surface area contributed by atoms with Crippen molar-refractivity contribution in [3.63, 3.8) is 0 Å². The van der Waals surface area contributed by atoms with Crippen LogP contribution < -0.4 is 0 Å². The van der Waals surface area contributed by atoms with E-state index >= 15 is 0 Å². The van der Waals surface area contributed by atoms with Gasteiger partial charge in [0.25, 0.3) is 0 Å². The van der Waals surface area contributed by atoms with Gasteiger partial charge in [-0.1, -0.05) is 38.2 Å². The molecule has 1 unspecified atom stereocenters. The quantitative estimate of drug-likeness (QED) is 0.615. The van der Waals surface area contributed by atoms with E-state index in [-0.39, 0.29) is 35.7 Å². The lowest BCUT2D eigenvalue weighted by molar-refractivity contribution is -0.146. The van der Waals surface area contributed by atoms with E-state index in [9.17, 15) is 15.0 Å². The molecule has 3 aliphatic rings. The fourth-order valence-corrected chi connectivity index (χ4v) is 5.42. The molecule has 2 N–H and O–H groups in total. The number of carbonyl (C=O) groups is 1. The van der Waals surface area contributed by atoms with Gasteiger partial charge in [0.05, 0.1) is 25.2 Å². The highest BCUT2D eigenvalue weighted by molar-refractivity contribution is 5.76. The molecule has 4 nitrogen and oxygen atoms in total. The molecular weight excluding hydrogens is 304 g/mol. The van der Waals surface area contributed by atoms with E-state index in [1.165, 1.54) is 5.57 Å². The lowest BCUT2D eigenvalue weighted by Crippen LogP contribution is -2.57. The van der Waals surface area contributed by atoms with Crippen LogP contribution in [0.3, 0.4) is 0 Å². The van der Waals surface area contributed by atoms with Crippen molar-refractivity contribution < 1.29 is 19.7 Å². The molecule has 0 aromatic rings. The van der Waals surface area contributed by atoms with Crippen LogP contribution in [0.2, 0.25) is 0 Å². The zero-order chi connectivity index (χ0) is 17.5. The standard InChI is InChI=1S/C20H30O4/c1-13-4-7-16-19(2,10-8-17(22)20(16,3)12-21)15(13)6-5-14-9-11-24-18(14)23/h5-6,14-17,21-22H,1,4,7-12H2,2-3H3/b6-5+/t14?,15-,16+,17-,19+,20+/m0/s1. The Labute approximate surface area is 144 Å². The minimum atomic E-state index is -0.466. The molecular formula is C20H30O4. The lowest BCUT2D eigenvalue weighted by Gasteiger charge is -2.59. The first-order valence-corrected chi connectivity index (χ1v) is 9.14. The number of hydrogen-bond acceptors (Lipinski definition) is 4. The van der Waals surface area contributed by atoms with Gasteiger partial charge in [-0.3, -0.25) is 4.79 Å². The van der Waals surface area contributed by atoms with Crippen molar-refractivity contribution >= 4 is 5.97 Å². The molecule has 3 fully saturated rings. The Balaban J connectivity index is 1.89. The van der Waals surface area contributed by atoms with Crippen LogP contribution in [0.5, 0.6) is 0 Å². The number of allylic oxidation sites excluding steroid dienone is 2. The molecule has 1 heterocycles. The minimum Gasteiger partial charge on any atom is -0.465 e. The van der Waals surface area contributed by atoms with E-state index in [2.05, 4.69) is 19.6 Å². The van der Waals surface area contributed by atoms with Crippen LogP contribution in [-0.2, 0) is 9.53 Å². The normalized spacial score (nSPS) is 46.2. The zero-order valence-corrected chi connectivity index (χ0v) is 14.8. The number of fused-ring (bicyclic) bond motifs is 1. The monoisotopic (exact) mass is 334 g/mol.